The van der Waals surface area contributed by atoms with E-state index in [0.29, 0.717) is 6.54 Å². The first-order valence-electron chi connectivity index (χ1n) is 5.31. The summed E-state index contributed by atoms with van der Waals surface area (Å²) >= 11 is 0. The van der Waals surface area contributed by atoms with Crippen molar-refractivity contribution in [1.82, 2.24) is 14.9 Å². The molecule has 1 N–H and O–H groups in total. The summed E-state index contributed by atoms with van der Waals surface area (Å²) in [6.45, 7) is 2.19. The lowest BCUT2D eigenvalue weighted by molar-refractivity contribution is -0.124. The van der Waals surface area contributed by atoms with Gasteiger partial charge in [-0.3, -0.25) is 4.79 Å². The van der Waals surface area contributed by atoms with E-state index in [-0.39, 0.29) is 5.91 Å². The number of nitrogens with zero attached hydrogens (tertiary/aromatic N) is 2. The van der Waals surface area contributed by atoms with Gasteiger partial charge in [0.15, 0.2) is 0 Å². The van der Waals surface area contributed by atoms with Gasteiger partial charge in [-0.2, -0.15) is 0 Å². The molecule has 0 atom stereocenters. The van der Waals surface area contributed by atoms with Crippen molar-refractivity contribution in [2.45, 2.75) is 13.5 Å². The Morgan fingerprint density at radius 2 is 2.35 bits per heavy atom. The second kappa shape index (κ2) is 4.71. The Morgan fingerprint density at radius 3 is 3.12 bits per heavy atom. The van der Waals surface area contributed by atoms with Crippen molar-refractivity contribution in [3.63, 3.8) is 0 Å². The Kier molecular flexibility index (Phi) is 3.10. The Bertz CT molecular complexity index is 604. The largest absolute Gasteiger partial charge is 0.346 e. The Hall–Kier alpha value is -2.28. The summed E-state index contributed by atoms with van der Waals surface area (Å²) in [4.78, 5) is 20.4. The number of carbonyl (C=O) groups excluding carboxylic acids is 1. The van der Waals surface area contributed by atoms with E-state index in [1.54, 1.807) is 25.1 Å². The Morgan fingerprint density at radius 1 is 1.53 bits per heavy atom. The summed E-state index contributed by atoms with van der Waals surface area (Å²) in [7, 11) is 1.74. The van der Waals surface area contributed by atoms with Crippen LogP contribution in [0.1, 0.15) is 12.5 Å². The first-order valence-corrected chi connectivity index (χ1v) is 5.31. The molecule has 0 spiro atoms. The first-order chi connectivity index (χ1) is 8.22. The molecule has 2 heterocycles. The molecule has 2 aromatic heterocycles. The molecule has 86 valence electrons. The van der Waals surface area contributed by atoms with Gasteiger partial charge in [0.1, 0.15) is 5.65 Å². The number of hydrogen-bond donors (Lipinski definition) is 1. The molecule has 0 bridgehead atoms. The van der Waals surface area contributed by atoms with E-state index in [1.165, 1.54) is 0 Å². The maximum absolute atomic E-state index is 11.6. The summed E-state index contributed by atoms with van der Waals surface area (Å²) in [5.41, 5.74) is 1.90. The first kappa shape index (κ1) is 11.2. The van der Waals surface area contributed by atoms with E-state index < -0.39 is 0 Å². The van der Waals surface area contributed by atoms with Crippen molar-refractivity contribution in [1.29, 1.82) is 0 Å². The van der Waals surface area contributed by atoms with Crippen LogP contribution in [0, 0.1) is 11.8 Å². The van der Waals surface area contributed by atoms with Crippen LogP contribution < -0.4 is 0 Å². The number of hydrogen-bond acceptors (Lipinski definition) is 2. The third-order valence-corrected chi connectivity index (χ3v) is 2.54. The number of fused-ring (bicyclic) bond motifs is 1. The van der Waals surface area contributed by atoms with Gasteiger partial charge in [0, 0.05) is 31.4 Å². The molecular weight excluding hydrogens is 214 g/mol. The fraction of sp³-hybridized carbons (Fsp3) is 0.231. The highest BCUT2D eigenvalue weighted by atomic mass is 16.2. The summed E-state index contributed by atoms with van der Waals surface area (Å²) < 4.78 is 0. The minimum Gasteiger partial charge on any atom is -0.346 e. The van der Waals surface area contributed by atoms with Crippen molar-refractivity contribution in [2.75, 3.05) is 7.05 Å². The highest BCUT2D eigenvalue weighted by Gasteiger charge is 2.09. The molecule has 0 aromatic carbocycles. The van der Waals surface area contributed by atoms with Crippen LogP contribution in [0.3, 0.4) is 0 Å². The summed E-state index contributed by atoms with van der Waals surface area (Å²) in [5.74, 6) is 4.95. The highest BCUT2D eigenvalue weighted by molar-refractivity contribution is 5.93. The number of carbonyl (C=O) groups is 1. The summed E-state index contributed by atoms with van der Waals surface area (Å²) in [6, 6.07) is 3.88. The van der Waals surface area contributed by atoms with Crippen LogP contribution in [0.15, 0.2) is 24.5 Å². The molecule has 17 heavy (non-hydrogen) atoms. The molecule has 0 saturated carbocycles. The zero-order chi connectivity index (χ0) is 12.3. The molecule has 2 aromatic rings. The maximum atomic E-state index is 11.6. The molecule has 4 heteroatoms. The van der Waals surface area contributed by atoms with Crippen molar-refractivity contribution < 1.29 is 4.79 Å². The van der Waals surface area contributed by atoms with E-state index in [0.717, 1.165) is 16.6 Å². The SMILES string of the molecule is CC#CC(=O)N(C)Cc1ccnc2[nH]ccc12. The Labute approximate surface area is 99.7 Å². The lowest BCUT2D eigenvalue weighted by atomic mass is 10.2. The van der Waals surface area contributed by atoms with Crippen molar-refractivity contribution in [2.24, 2.45) is 0 Å². The molecule has 0 aliphatic rings. The molecule has 0 saturated heterocycles. The van der Waals surface area contributed by atoms with Gasteiger partial charge < -0.3 is 9.88 Å². The van der Waals surface area contributed by atoms with Gasteiger partial charge in [-0.25, -0.2) is 4.98 Å². The Balaban J connectivity index is 2.25. The van der Waals surface area contributed by atoms with Crippen LogP contribution in [0.2, 0.25) is 0 Å². The predicted octanol–water partition coefficient (Wildman–Crippen LogP) is 1.54. The normalized spacial score (nSPS) is 9.76. The molecule has 0 radical (unpaired) electrons. The van der Waals surface area contributed by atoms with Crippen molar-refractivity contribution >= 4 is 16.9 Å². The van der Waals surface area contributed by atoms with Gasteiger partial charge in [0.25, 0.3) is 5.91 Å². The zero-order valence-electron chi connectivity index (χ0n) is 9.82. The molecule has 0 aliphatic heterocycles. The average molecular weight is 227 g/mol. The van der Waals surface area contributed by atoms with Crippen LogP contribution in [0.5, 0.6) is 0 Å². The van der Waals surface area contributed by atoms with E-state index in [4.69, 9.17) is 0 Å². The van der Waals surface area contributed by atoms with Gasteiger partial charge in [-0.05, 0) is 30.5 Å². The molecule has 0 aliphatic carbocycles. The minimum absolute atomic E-state index is 0.173. The van der Waals surface area contributed by atoms with Crippen LogP contribution in [0.4, 0.5) is 0 Å². The second-order valence-electron chi connectivity index (χ2n) is 3.75. The van der Waals surface area contributed by atoms with Gasteiger partial charge in [-0.15, -0.1) is 0 Å². The van der Waals surface area contributed by atoms with Gasteiger partial charge in [0.2, 0.25) is 0 Å². The summed E-state index contributed by atoms with van der Waals surface area (Å²) in [6.07, 6.45) is 3.58. The van der Waals surface area contributed by atoms with Crippen molar-refractivity contribution in [3.05, 3.63) is 30.1 Å². The maximum Gasteiger partial charge on any atom is 0.298 e. The standard InChI is InChI=1S/C13H13N3O/c1-3-4-12(17)16(2)9-10-5-7-14-13-11(10)6-8-15-13/h5-8H,9H2,1-2H3,(H,14,15). The van der Waals surface area contributed by atoms with Gasteiger partial charge in [0.05, 0.1) is 0 Å². The van der Waals surface area contributed by atoms with E-state index in [9.17, 15) is 4.79 Å². The number of pyridine rings is 1. The molecule has 1 amide bonds. The van der Waals surface area contributed by atoms with E-state index in [2.05, 4.69) is 21.8 Å². The molecule has 0 unspecified atom stereocenters. The average Bonchev–Trinajstić information content (AvgIpc) is 2.78. The fourth-order valence-corrected chi connectivity index (χ4v) is 1.69. The van der Waals surface area contributed by atoms with E-state index >= 15 is 0 Å². The number of H-pyrrole nitrogens is 1. The van der Waals surface area contributed by atoms with Gasteiger partial charge >= 0.3 is 0 Å². The van der Waals surface area contributed by atoms with Crippen LogP contribution in [0.25, 0.3) is 11.0 Å². The third kappa shape index (κ3) is 2.28. The van der Waals surface area contributed by atoms with Gasteiger partial charge in [-0.1, -0.05) is 5.92 Å². The topological polar surface area (TPSA) is 49.0 Å². The zero-order valence-corrected chi connectivity index (χ0v) is 9.82. The van der Waals surface area contributed by atoms with E-state index in [1.807, 2.05) is 18.3 Å². The quantitative estimate of drug-likeness (QED) is 0.791. The number of aromatic amines is 1. The molecular formula is C13H13N3O. The summed E-state index contributed by atoms with van der Waals surface area (Å²) in [5, 5.41) is 1.04. The van der Waals surface area contributed by atoms with Crippen LogP contribution >= 0.6 is 0 Å². The molecule has 0 fully saturated rings. The third-order valence-electron chi connectivity index (χ3n) is 2.54. The van der Waals surface area contributed by atoms with Crippen LogP contribution in [-0.2, 0) is 11.3 Å². The minimum atomic E-state index is -0.173. The molecule has 2 rings (SSSR count). The number of amides is 1. The molecule has 4 nitrogen and oxygen atoms in total. The predicted molar refractivity (Wildman–Crippen MR) is 66.0 cm³/mol. The number of aromatic nitrogens is 2. The van der Waals surface area contributed by atoms with Crippen LogP contribution in [-0.4, -0.2) is 27.8 Å². The fourth-order valence-electron chi connectivity index (χ4n) is 1.69. The highest BCUT2D eigenvalue weighted by Crippen LogP contribution is 2.16. The smallest absolute Gasteiger partial charge is 0.298 e. The van der Waals surface area contributed by atoms with Crippen molar-refractivity contribution in [3.8, 4) is 11.8 Å². The lowest BCUT2D eigenvalue weighted by Crippen LogP contribution is -2.24. The second-order valence-corrected chi connectivity index (χ2v) is 3.75. The number of rotatable bonds is 2. The number of nitrogens with one attached hydrogen (secondary N) is 1. The lowest BCUT2D eigenvalue weighted by Gasteiger charge is -2.14. The monoisotopic (exact) mass is 227 g/mol.